The fourth-order valence-electron chi connectivity index (χ4n) is 4.45. The second kappa shape index (κ2) is 7.70. The van der Waals surface area contributed by atoms with E-state index in [0.717, 1.165) is 34.4 Å². The third kappa shape index (κ3) is 3.42. The minimum atomic E-state index is -0.624. The first-order valence-corrected chi connectivity index (χ1v) is 10.3. The molecule has 2 aliphatic rings. The van der Waals surface area contributed by atoms with Gasteiger partial charge in [0, 0.05) is 24.3 Å². The number of rotatable bonds is 4. The van der Waals surface area contributed by atoms with Crippen molar-refractivity contribution in [3.8, 4) is 11.3 Å². The predicted molar refractivity (Wildman–Crippen MR) is 111 cm³/mol. The Bertz CT molecular complexity index is 1060. The summed E-state index contributed by atoms with van der Waals surface area (Å²) < 4.78 is 10.4. The highest BCUT2D eigenvalue weighted by molar-refractivity contribution is 5.99. The summed E-state index contributed by atoms with van der Waals surface area (Å²) >= 11 is 0. The Morgan fingerprint density at radius 1 is 1.23 bits per heavy atom. The number of carbonyl (C=O) groups excluding carboxylic acids is 1. The number of nitrogens with zero attached hydrogens (tertiary/aromatic N) is 2. The quantitative estimate of drug-likeness (QED) is 0.722. The average molecular weight is 404 g/mol. The van der Waals surface area contributed by atoms with Crippen molar-refractivity contribution in [2.75, 3.05) is 13.2 Å². The van der Waals surface area contributed by atoms with E-state index < -0.39 is 6.10 Å². The molecule has 0 bridgehead atoms. The van der Waals surface area contributed by atoms with Crippen LogP contribution in [0.2, 0.25) is 0 Å². The van der Waals surface area contributed by atoms with Crippen LogP contribution in [0.15, 0.2) is 53.5 Å². The Balaban J connectivity index is 1.37. The number of amides is 1. The van der Waals surface area contributed by atoms with Gasteiger partial charge in [-0.3, -0.25) is 4.79 Å². The van der Waals surface area contributed by atoms with Crippen LogP contribution in [0.25, 0.3) is 11.3 Å². The van der Waals surface area contributed by atoms with Crippen LogP contribution in [0, 0.1) is 6.92 Å². The van der Waals surface area contributed by atoms with Crippen LogP contribution in [-0.4, -0.2) is 46.3 Å². The highest BCUT2D eigenvalue weighted by Crippen LogP contribution is 2.31. The van der Waals surface area contributed by atoms with Crippen molar-refractivity contribution in [1.82, 2.24) is 9.88 Å². The minimum Gasteiger partial charge on any atom is -0.451 e. The van der Waals surface area contributed by atoms with E-state index in [4.69, 9.17) is 9.15 Å². The highest BCUT2D eigenvalue weighted by atomic mass is 16.5. The van der Waals surface area contributed by atoms with Crippen LogP contribution in [-0.2, 0) is 17.7 Å². The smallest absolute Gasteiger partial charge is 0.254 e. The molecule has 1 fully saturated rings. The van der Waals surface area contributed by atoms with Crippen LogP contribution in [0.1, 0.15) is 39.0 Å². The monoisotopic (exact) mass is 404 g/mol. The van der Waals surface area contributed by atoms with Crippen LogP contribution in [0.3, 0.4) is 0 Å². The number of aliphatic hydroxyl groups excluding tert-OH is 1. The molecule has 5 rings (SSSR count). The lowest BCUT2D eigenvalue weighted by molar-refractivity contribution is -0.0572. The van der Waals surface area contributed by atoms with Crippen molar-refractivity contribution in [2.45, 2.75) is 38.5 Å². The largest absolute Gasteiger partial charge is 0.451 e. The van der Waals surface area contributed by atoms with Crippen LogP contribution in [0.5, 0.6) is 0 Å². The Morgan fingerprint density at radius 2 is 2.07 bits per heavy atom. The van der Waals surface area contributed by atoms with E-state index >= 15 is 0 Å². The maximum atomic E-state index is 13.1. The molecule has 3 aromatic rings. The maximum absolute atomic E-state index is 13.1. The molecule has 1 saturated heterocycles. The standard InChI is InChI=1S/C24H24N2O4/c1-15-8-19-11-26(22-6-7-29-13-23(22)27)24(28)20(19)10-18(15)9-16-2-4-17(5-3-16)21-12-30-14-25-21/h2-5,8,10,12,14,22-23,27H,6-7,9,11,13H2,1H3/t22-,23-/m0/s1. The van der Waals surface area contributed by atoms with E-state index in [2.05, 4.69) is 30.1 Å². The van der Waals surface area contributed by atoms with Gasteiger partial charge in [0.2, 0.25) is 0 Å². The van der Waals surface area contributed by atoms with Gasteiger partial charge >= 0.3 is 0 Å². The molecule has 0 unspecified atom stereocenters. The highest BCUT2D eigenvalue weighted by Gasteiger charge is 2.37. The van der Waals surface area contributed by atoms with Crippen LogP contribution >= 0.6 is 0 Å². The topological polar surface area (TPSA) is 75.8 Å². The molecule has 2 atom stereocenters. The summed E-state index contributed by atoms with van der Waals surface area (Å²) in [4.78, 5) is 19.1. The van der Waals surface area contributed by atoms with Gasteiger partial charge in [-0.15, -0.1) is 0 Å². The summed E-state index contributed by atoms with van der Waals surface area (Å²) in [5.74, 6) is 0.0126. The molecular formula is C24H24N2O4. The summed E-state index contributed by atoms with van der Waals surface area (Å²) in [5.41, 5.74) is 7.12. The van der Waals surface area contributed by atoms with Gasteiger partial charge in [0.05, 0.1) is 18.8 Å². The SMILES string of the molecule is Cc1cc2c(cc1Cc1ccc(-c3cocn3)cc1)C(=O)N([C@H]1CCOC[C@@H]1O)C2. The summed E-state index contributed by atoms with van der Waals surface area (Å²) in [6, 6.07) is 12.2. The first kappa shape index (κ1) is 19.0. The van der Waals surface area contributed by atoms with E-state index in [1.54, 1.807) is 6.26 Å². The van der Waals surface area contributed by atoms with Gasteiger partial charge in [0.15, 0.2) is 6.39 Å². The number of hydrogen-bond acceptors (Lipinski definition) is 5. The summed E-state index contributed by atoms with van der Waals surface area (Å²) in [5, 5.41) is 10.3. The fourth-order valence-corrected chi connectivity index (χ4v) is 4.45. The van der Waals surface area contributed by atoms with E-state index in [9.17, 15) is 9.90 Å². The average Bonchev–Trinajstić information content (AvgIpc) is 3.39. The Labute approximate surface area is 175 Å². The summed E-state index contributed by atoms with van der Waals surface area (Å²) in [7, 11) is 0. The van der Waals surface area contributed by atoms with E-state index in [0.29, 0.717) is 26.2 Å². The molecule has 6 heteroatoms. The van der Waals surface area contributed by atoms with Crippen molar-refractivity contribution in [2.24, 2.45) is 0 Å². The number of aliphatic hydroxyl groups is 1. The van der Waals surface area contributed by atoms with E-state index in [1.165, 1.54) is 17.5 Å². The molecule has 0 spiro atoms. The molecule has 1 amide bonds. The lowest BCUT2D eigenvalue weighted by atomic mass is 9.95. The molecule has 0 aliphatic carbocycles. The zero-order valence-corrected chi connectivity index (χ0v) is 16.9. The van der Waals surface area contributed by atoms with Crippen molar-refractivity contribution >= 4 is 5.91 Å². The molecular weight excluding hydrogens is 380 g/mol. The lowest BCUT2D eigenvalue weighted by Crippen LogP contribution is -2.49. The molecule has 0 saturated carbocycles. The number of benzene rings is 2. The third-order valence-corrected chi connectivity index (χ3v) is 6.16. The van der Waals surface area contributed by atoms with Gasteiger partial charge in [0.1, 0.15) is 12.0 Å². The molecule has 6 nitrogen and oxygen atoms in total. The number of aromatic nitrogens is 1. The Morgan fingerprint density at radius 3 is 2.80 bits per heavy atom. The summed E-state index contributed by atoms with van der Waals surface area (Å²) in [6.07, 6.45) is 3.86. The first-order valence-electron chi connectivity index (χ1n) is 10.3. The normalized spacial score (nSPS) is 21.1. The van der Waals surface area contributed by atoms with Gasteiger partial charge in [-0.1, -0.05) is 30.3 Å². The van der Waals surface area contributed by atoms with Crippen molar-refractivity contribution in [3.05, 3.63) is 76.9 Å². The van der Waals surface area contributed by atoms with E-state index in [1.807, 2.05) is 23.1 Å². The molecule has 0 radical (unpaired) electrons. The minimum absolute atomic E-state index is 0.0126. The number of fused-ring (bicyclic) bond motifs is 1. The van der Waals surface area contributed by atoms with Crippen molar-refractivity contribution in [1.29, 1.82) is 0 Å². The predicted octanol–water partition coefficient (Wildman–Crippen LogP) is 3.35. The Hall–Kier alpha value is -2.96. The van der Waals surface area contributed by atoms with Gasteiger partial charge in [-0.25, -0.2) is 4.98 Å². The van der Waals surface area contributed by atoms with Gasteiger partial charge in [-0.05, 0) is 48.1 Å². The van der Waals surface area contributed by atoms with Crippen LogP contribution < -0.4 is 0 Å². The van der Waals surface area contributed by atoms with Crippen molar-refractivity contribution < 1.29 is 19.1 Å². The molecule has 3 heterocycles. The third-order valence-electron chi connectivity index (χ3n) is 6.16. The number of carbonyl (C=O) groups is 1. The number of hydrogen-bond donors (Lipinski definition) is 1. The first-order chi connectivity index (χ1) is 14.6. The maximum Gasteiger partial charge on any atom is 0.254 e. The number of oxazole rings is 1. The molecule has 2 aromatic carbocycles. The second-order valence-corrected chi connectivity index (χ2v) is 8.11. The molecule has 30 heavy (non-hydrogen) atoms. The van der Waals surface area contributed by atoms with Gasteiger partial charge in [0.25, 0.3) is 5.91 Å². The van der Waals surface area contributed by atoms with Crippen molar-refractivity contribution in [3.63, 3.8) is 0 Å². The second-order valence-electron chi connectivity index (χ2n) is 8.11. The molecule has 154 valence electrons. The zero-order chi connectivity index (χ0) is 20.7. The number of ether oxygens (including phenoxy) is 1. The van der Waals surface area contributed by atoms with E-state index in [-0.39, 0.29) is 11.9 Å². The number of aryl methyl sites for hydroxylation is 1. The molecule has 1 aromatic heterocycles. The Kier molecular flexibility index (Phi) is 4.89. The lowest BCUT2D eigenvalue weighted by Gasteiger charge is -2.34. The molecule has 1 N–H and O–H groups in total. The van der Waals surface area contributed by atoms with Gasteiger partial charge < -0.3 is 19.2 Å². The van der Waals surface area contributed by atoms with Gasteiger partial charge in [-0.2, -0.15) is 0 Å². The zero-order valence-electron chi connectivity index (χ0n) is 16.9. The fraction of sp³-hybridized carbons (Fsp3) is 0.333. The van der Waals surface area contributed by atoms with Crippen LogP contribution in [0.4, 0.5) is 0 Å². The summed E-state index contributed by atoms with van der Waals surface area (Å²) in [6.45, 7) is 3.52. The molecule has 2 aliphatic heterocycles.